The normalized spacial score (nSPS) is 13.8. The van der Waals surface area contributed by atoms with Crippen molar-refractivity contribution in [2.45, 2.75) is 19.2 Å². The zero-order valence-corrected chi connectivity index (χ0v) is 14.0. The van der Waals surface area contributed by atoms with Crippen LogP contribution in [0.2, 0.25) is 0 Å². The third kappa shape index (κ3) is 4.30. The molecule has 3 rings (SSSR count). The Bertz CT molecular complexity index is 864. The highest BCUT2D eigenvalue weighted by atomic mass is 19.4. The molecule has 0 spiro atoms. The van der Waals surface area contributed by atoms with Gasteiger partial charge in [-0.3, -0.25) is 4.79 Å². The first-order valence-electron chi connectivity index (χ1n) is 7.83. The van der Waals surface area contributed by atoms with E-state index in [2.05, 4.69) is 5.32 Å². The molecule has 1 aliphatic heterocycles. The van der Waals surface area contributed by atoms with Crippen LogP contribution in [0, 0.1) is 0 Å². The van der Waals surface area contributed by atoms with Crippen LogP contribution in [0.15, 0.2) is 42.5 Å². The number of benzene rings is 2. The lowest BCUT2D eigenvalue weighted by Crippen LogP contribution is -2.30. The number of carbonyl (C=O) groups excluding carboxylic acids is 2. The Morgan fingerprint density at radius 2 is 1.74 bits per heavy atom. The summed E-state index contributed by atoms with van der Waals surface area (Å²) in [6, 6.07) is 8.38. The molecule has 6 nitrogen and oxygen atoms in total. The van der Waals surface area contributed by atoms with E-state index in [1.165, 1.54) is 19.1 Å². The van der Waals surface area contributed by atoms with Crippen LogP contribution in [-0.4, -0.2) is 24.8 Å². The third-order valence-electron chi connectivity index (χ3n) is 3.74. The molecule has 27 heavy (non-hydrogen) atoms. The van der Waals surface area contributed by atoms with Crippen LogP contribution >= 0.6 is 0 Å². The number of halogens is 3. The molecule has 2 aromatic rings. The van der Waals surface area contributed by atoms with Crippen LogP contribution in [0.25, 0.3) is 0 Å². The number of hydrogen-bond acceptors (Lipinski definition) is 5. The number of rotatable bonds is 4. The van der Waals surface area contributed by atoms with Crippen molar-refractivity contribution in [3.8, 4) is 11.5 Å². The van der Waals surface area contributed by atoms with Crippen molar-refractivity contribution in [3.05, 3.63) is 53.6 Å². The number of carbonyl (C=O) groups is 2. The second-order valence-electron chi connectivity index (χ2n) is 5.68. The van der Waals surface area contributed by atoms with E-state index in [0.717, 1.165) is 24.3 Å². The number of anilines is 1. The Labute approximate surface area is 151 Å². The quantitative estimate of drug-likeness (QED) is 0.819. The highest BCUT2D eigenvalue weighted by Crippen LogP contribution is 2.33. The molecule has 0 aromatic heterocycles. The van der Waals surface area contributed by atoms with E-state index in [0.29, 0.717) is 11.5 Å². The van der Waals surface area contributed by atoms with E-state index in [1.54, 1.807) is 6.07 Å². The molecule has 1 N–H and O–H groups in total. The number of hydrogen-bond donors (Lipinski definition) is 1. The molecule has 142 valence electrons. The molecule has 1 amide bonds. The summed E-state index contributed by atoms with van der Waals surface area (Å²) in [6.07, 6.45) is -5.62. The maximum absolute atomic E-state index is 12.5. The van der Waals surface area contributed by atoms with Gasteiger partial charge in [0.2, 0.25) is 6.79 Å². The van der Waals surface area contributed by atoms with E-state index in [4.69, 9.17) is 14.2 Å². The summed E-state index contributed by atoms with van der Waals surface area (Å²) < 4.78 is 53.0. The van der Waals surface area contributed by atoms with Gasteiger partial charge in [0, 0.05) is 5.69 Å². The molecule has 1 heterocycles. The molecule has 9 heteroatoms. The van der Waals surface area contributed by atoms with E-state index in [9.17, 15) is 22.8 Å². The number of fused-ring (bicyclic) bond motifs is 1. The van der Waals surface area contributed by atoms with E-state index >= 15 is 0 Å². The Hall–Kier alpha value is -3.23. The average Bonchev–Trinajstić information content (AvgIpc) is 3.09. The molecular formula is C18H14F3NO5. The minimum atomic E-state index is -4.46. The maximum atomic E-state index is 12.5. The van der Waals surface area contributed by atoms with Crippen molar-refractivity contribution in [1.29, 1.82) is 0 Å². The second-order valence-corrected chi connectivity index (χ2v) is 5.68. The smallest absolute Gasteiger partial charge is 0.416 e. The largest absolute Gasteiger partial charge is 0.454 e. The van der Waals surface area contributed by atoms with Gasteiger partial charge in [0.15, 0.2) is 17.6 Å². The van der Waals surface area contributed by atoms with Crippen LogP contribution in [0.3, 0.4) is 0 Å². The topological polar surface area (TPSA) is 73.9 Å². The fraction of sp³-hybridized carbons (Fsp3) is 0.222. The lowest BCUT2D eigenvalue weighted by atomic mass is 10.2. The molecule has 0 saturated heterocycles. The lowest BCUT2D eigenvalue weighted by Gasteiger charge is -2.14. The molecule has 1 atom stereocenters. The van der Waals surface area contributed by atoms with Gasteiger partial charge in [0.25, 0.3) is 5.91 Å². The highest BCUT2D eigenvalue weighted by Gasteiger charge is 2.30. The first-order chi connectivity index (χ1) is 12.7. The summed E-state index contributed by atoms with van der Waals surface area (Å²) in [4.78, 5) is 24.2. The SMILES string of the molecule is C[C@@H](OC(=O)c1ccc2c(c1)OCO2)C(=O)Nc1ccc(C(F)(F)F)cc1. The van der Waals surface area contributed by atoms with Crippen molar-refractivity contribution >= 4 is 17.6 Å². The van der Waals surface area contributed by atoms with Crippen molar-refractivity contribution in [3.63, 3.8) is 0 Å². The molecule has 0 fully saturated rings. The predicted octanol–water partition coefficient (Wildman–Crippen LogP) is 3.62. The van der Waals surface area contributed by atoms with Gasteiger partial charge in [-0.25, -0.2) is 4.79 Å². The summed E-state index contributed by atoms with van der Waals surface area (Å²) in [6.45, 7) is 1.41. The highest BCUT2D eigenvalue weighted by molar-refractivity contribution is 5.97. The van der Waals surface area contributed by atoms with Gasteiger partial charge in [0.05, 0.1) is 11.1 Å². The van der Waals surface area contributed by atoms with E-state index < -0.39 is 29.7 Å². The summed E-state index contributed by atoms with van der Waals surface area (Å²) in [5.74, 6) is -0.529. The van der Waals surface area contributed by atoms with Gasteiger partial charge in [-0.15, -0.1) is 0 Å². The molecule has 0 unspecified atom stereocenters. The summed E-state index contributed by atoms with van der Waals surface area (Å²) in [7, 11) is 0. The molecule has 2 aromatic carbocycles. The zero-order chi connectivity index (χ0) is 19.6. The van der Waals surface area contributed by atoms with Crippen LogP contribution in [-0.2, 0) is 15.7 Å². The first kappa shape index (κ1) is 18.6. The fourth-order valence-electron chi connectivity index (χ4n) is 2.29. The average molecular weight is 381 g/mol. The van der Waals surface area contributed by atoms with Gasteiger partial charge >= 0.3 is 12.1 Å². The predicted molar refractivity (Wildman–Crippen MR) is 87.5 cm³/mol. The second kappa shape index (κ2) is 7.18. The van der Waals surface area contributed by atoms with E-state index in [-0.39, 0.29) is 18.0 Å². The van der Waals surface area contributed by atoms with Gasteiger partial charge in [-0.1, -0.05) is 0 Å². The number of esters is 1. The number of nitrogens with one attached hydrogen (secondary N) is 1. The van der Waals surface area contributed by atoms with Crippen molar-refractivity contribution in [2.75, 3.05) is 12.1 Å². The third-order valence-corrected chi connectivity index (χ3v) is 3.74. The van der Waals surface area contributed by atoms with E-state index in [1.807, 2.05) is 0 Å². The fourth-order valence-corrected chi connectivity index (χ4v) is 2.29. The summed E-state index contributed by atoms with van der Waals surface area (Å²) in [5, 5.41) is 2.39. The summed E-state index contributed by atoms with van der Waals surface area (Å²) in [5.41, 5.74) is -0.504. The van der Waals surface area contributed by atoms with Crippen molar-refractivity contribution in [1.82, 2.24) is 0 Å². The van der Waals surface area contributed by atoms with Crippen molar-refractivity contribution in [2.24, 2.45) is 0 Å². The Kier molecular flexibility index (Phi) is 4.93. The first-order valence-corrected chi connectivity index (χ1v) is 7.83. The number of amides is 1. The minimum Gasteiger partial charge on any atom is -0.454 e. The van der Waals surface area contributed by atoms with Crippen LogP contribution in [0.1, 0.15) is 22.8 Å². The van der Waals surface area contributed by atoms with Gasteiger partial charge < -0.3 is 19.5 Å². The van der Waals surface area contributed by atoms with Gasteiger partial charge in [-0.2, -0.15) is 13.2 Å². The maximum Gasteiger partial charge on any atom is 0.416 e. The molecular weight excluding hydrogens is 367 g/mol. The zero-order valence-electron chi connectivity index (χ0n) is 14.0. The standard InChI is InChI=1S/C18H14F3NO5/c1-10(16(23)22-13-5-3-12(4-6-13)18(19,20)21)27-17(24)11-2-7-14-15(8-11)26-9-25-14/h2-8,10H,9H2,1H3,(H,22,23)/t10-/m1/s1. The number of ether oxygens (including phenoxy) is 3. The molecule has 0 bridgehead atoms. The number of alkyl halides is 3. The molecule has 0 aliphatic carbocycles. The molecule has 0 saturated carbocycles. The monoisotopic (exact) mass is 381 g/mol. The Morgan fingerprint density at radius 3 is 2.41 bits per heavy atom. The lowest BCUT2D eigenvalue weighted by molar-refractivity contribution is -0.137. The molecule has 1 aliphatic rings. The van der Waals surface area contributed by atoms with Crippen molar-refractivity contribution < 1.29 is 37.0 Å². The van der Waals surface area contributed by atoms with Crippen LogP contribution in [0.4, 0.5) is 18.9 Å². The van der Waals surface area contributed by atoms with Crippen LogP contribution in [0.5, 0.6) is 11.5 Å². The molecule has 0 radical (unpaired) electrons. The Morgan fingerprint density at radius 1 is 1.07 bits per heavy atom. The van der Waals surface area contributed by atoms with Crippen LogP contribution < -0.4 is 14.8 Å². The van der Waals surface area contributed by atoms with Gasteiger partial charge in [0.1, 0.15) is 0 Å². The Balaban J connectivity index is 1.59. The minimum absolute atomic E-state index is 0.0553. The van der Waals surface area contributed by atoms with Gasteiger partial charge in [-0.05, 0) is 49.4 Å². The summed E-state index contributed by atoms with van der Waals surface area (Å²) >= 11 is 0.